The van der Waals surface area contributed by atoms with Crippen LogP contribution in [-0.4, -0.2) is 36.5 Å². The number of hydrogen-bond acceptors (Lipinski definition) is 4. The maximum absolute atomic E-state index is 5.89. The largest absolute Gasteiger partial charge is 0.459 e. The predicted octanol–water partition coefficient (Wildman–Crippen LogP) is 3.70. The van der Waals surface area contributed by atoms with Crippen molar-refractivity contribution in [3.8, 4) is 0 Å². The Hall–Kier alpha value is -2.34. The van der Waals surface area contributed by atoms with Gasteiger partial charge in [0.25, 0.3) is 0 Å². The van der Waals surface area contributed by atoms with Gasteiger partial charge in [-0.15, -0.1) is 11.3 Å². The lowest BCUT2D eigenvalue weighted by atomic mass is 10.2. The molecule has 0 aliphatic carbocycles. The van der Waals surface area contributed by atoms with E-state index in [1.54, 1.807) is 18.4 Å². The number of nitrogens with zero attached hydrogens (tertiary/aromatic N) is 3. The average Bonchev–Trinajstić information content (AvgIpc) is 3.24. The molecule has 0 radical (unpaired) electrons. The second-order valence-electron chi connectivity index (χ2n) is 5.90. The van der Waals surface area contributed by atoms with Gasteiger partial charge in [0.05, 0.1) is 11.6 Å². The summed E-state index contributed by atoms with van der Waals surface area (Å²) in [7, 11) is 3.82. The van der Waals surface area contributed by atoms with Gasteiger partial charge < -0.3 is 14.6 Å². The second kappa shape index (κ2) is 8.16. The molecule has 1 N–H and O–H groups in total. The highest BCUT2D eigenvalue weighted by atomic mass is 32.1. The van der Waals surface area contributed by atoms with E-state index in [2.05, 4.69) is 39.2 Å². The highest BCUT2D eigenvalue weighted by Gasteiger charge is 2.10. The zero-order valence-corrected chi connectivity index (χ0v) is 15.8. The normalized spacial score (nSPS) is 11.9. The minimum absolute atomic E-state index is 0.672. The van der Waals surface area contributed by atoms with E-state index in [-0.39, 0.29) is 0 Å². The quantitative estimate of drug-likeness (QED) is 0.540. The van der Waals surface area contributed by atoms with E-state index in [1.165, 1.54) is 9.88 Å². The highest BCUT2D eigenvalue weighted by Crippen LogP contribution is 2.19. The molecule has 3 rings (SSSR count). The first-order valence-corrected chi connectivity index (χ1v) is 9.34. The topological polar surface area (TPSA) is 53.7 Å². The van der Waals surface area contributed by atoms with Crippen molar-refractivity contribution in [3.05, 3.63) is 52.2 Å². The molecule has 2 aromatic heterocycles. The van der Waals surface area contributed by atoms with Crippen molar-refractivity contribution in [2.75, 3.05) is 20.6 Å². The molecule has 6 heteroatoms. The van der Waals surface area contributed by atoms with Gasteiger partial charge in [0.15, 0.2) is 5.96 Å². The number of thiazole rings is 1. The summed E-state index contributed by atoms with van der Waals surface area (Å²) in [5.74, 6) is 1.78. The number of fused-ring (bicyclic) bond motifs is 1. The van der Waals surface area contributed by atoms with Crippen LogP contribution in [0.25, 0.3) is 11.0 Å². The first kappa shape index (κ1) is 17.5. The highest BCUT2D eigenvalue weighted by molar-refractivity contribution is 7.11. The molecule has 0 saturated heterocycles. The molecule has 0 amide bonds. The molecule has 0 saturated carbocycles. The fourth-order valence-corrected chi connectivity index (χ4v) is 3.58. The third-order valence-corrected chi connectivity index (χ3v) is 5.22. The van der Waals surface area contributed by atoms with E-state index in [0.717, 1.165) is 42.1 Å². The molecule has 25 heavy (non-hydrogen) atoms. The molecule has 0 spiro atoms. The Morgan fingerprint density at radius 3 is 2.92 bits per heavy atom. The zero-order valence-electron chi connectivity index (χ0n) is 15.0. The number of aromatic nitrogens is 1. The number of furan rings is 1. The first-order chi connectivity index (χ1) is 12.2. The maximum Gasteiger partial charge on any atom is 0.193 e. The van der Waals surface area contributed by atoms with Crippen LogP contribution >= 0.6 is 11.3 Å². The molecule has 0 unspecified atom stereocenters. The van der Waals surface area contributed by atoms with Gasteiger partial charge in [0.1, 0.15) is 11.3 Å². The van der Waals surface area contributed by atoms with Gasteiger partial charge in [-0.05, 0) is 18.6 Å². The van der Waals surface area contributed by atoms with Crippen LogP contribution < -0.4 is 5.32 Å². The molecule has 0 bridgehead atoms. The van der Waals surface area contributed by atoms with Crippen LogP contribution in [0.5, 0.6) is 0 Å². The Morgan fingerprint density at radius 1 is 1.36 bits per heavy atom. The van der Waals surface area contributed by atoms with Gasteiger partial charge >= 0.3 is 0 Å². The molecule has 5 nitrogen and oxygen atoms in total. The van der Waals surface area contributed by atoms with Crippen molar-refractivity contribution >= 4 is 28.3 Å². The smallest absolute Gasteiger partial charge is 0.193 e. The van der Waals surface area contributed by atoms with Crippen molar-refractivity contribution in [2.24, 2.45) is 4.99 Å². The average molecular weight is 356 g/mol. The number of aliphatic imine (C=N–C) groups is 1. The minimum Gasteiger partial charge on any atom is -0.459 e. The lowest BCUT2D eigenvalue weighted by Gasteiger charge is -2.20. The Balaban J connectivity index is 1.54. The maximum atomic E-state index is 5.89. The van der Waals surface area contributed by atoms with Gasteiger partial charge in [-0.3, -0.25) is 4.99 Å². The van der Waals surface area contributed by atoms with E-state index >= 15 is 0 Å². The summed E-state index contributed by atoms with van der Waals surface area (Å²) in [5, 5.41) is 5.70. The number of guanidine groups is 1. The van der Waals surface area contributed by atoms with E-state index in [4.69, 9.17) is 4.42 Å². The van der Waals surface area contributed by atoms with Crippen molar-refractivity contribution in [2.45, 2.75) is 26.3 Å². The van der Waals surface area contributed by atoms with Gasteiger partial charge in [-0.1, -0.05) is 25.1 Å². The Morgan fingerprint density at radius 2 is 2.20 bits per heavy atom. The Kier molecular flexibility index (Phi) is 5.71. The molecule has 132 valence electrons. The van der Waals surface area contributed by atoms with Crippen LogP contribution in [0, 0.1) is 0 Å². The van der Waals surface area contributed by atoms with Crippen LogP contribution in [0.15, 0.2) is 45.9 Å². The summed E-state index contributed by atoms with van der Waals surface area (Å²) < 4.78 is 5.89. The van der Waals surface area contributed by atoms with Crippen molar-refractivity contribution in [3.63, 3.8) is 0 Å². The summed E-state index contributed by atoms with van der Waals surface area (Å²) in [4.78, 5) is 12.2. The fraction of sp³-hybridized carbons (Fsp3) is 0.368. The van der Waals surface area contributed by atoms with Gasteiger partial charge in [-0.2, -0.15) is 0 Å². The van der Waals surface area contributed by atoms with E-state index < -0.39 is 0 Å². The molecule has 0 aliphatic heterocycles. The number of nitrogens with one attached hydrogen (secondary N) is 1. The predicted molar refractivity (Wildman–Crippen MR) is 104 cm³/mol. The number of rotatable bonds is 6. The third kappa shape index (κ3) is 4.39. The summed E-state index contributed by atoms with van der Waals surface area (Å²) in [6.45, 7) is 3.64. The van der Waals surface area contributed by atoms with E-state index in [0.29, 0.717) is 6.54 Å². The van der Waals surface area contributed by atoms with Gasteiger partial charge in [0.2, 0.25) is 0 Å². The summed E-state index contributed by atoms with van der Waals surface area (Å²) in [6.07, 6.45) is 3.93. The van der Waals surface area contributed by atoms with Crippen molar-refractivity contribution in [1.29, 1.82) is 0 Å². The summed E-state index contributed by atoms with van der Waals surface area (Å²) in [6, 6.07) is 10.1. The SMILES string of the molecule is CCc1cnc(CCNC(=NC)N(C)Cc2cc3ccccc3o2)s1. The second-order valence-corrected chi connectivity index (χ2v) is 7.10. The van der Waals surface area contributed by atoms with E-state index in [9.17, 15) is 0 Å². The van der Waals surface area contributed by atoms with Crippen LogP contribution in [-0.2, 0) is 19.4 Å². The molecule has 1 aromatic carbocycles. The fourth-order valence-electron chi connectivity index (χ4n) is 2.72. The zero-order chi connectivity index (χ0) is 17.6. The number of hydrogen-bond donors (Lipinski definition) is 1. The van der Waals surface area contributed by atoms with E-state index in [1.807, 2.05) is 31.4 Å². The van der Waals surface area contributed by atoms with Crippen molar-refractivity contribution in [1.82, 2.24) is 15.2 Å². The van der Waals surface area contributed by atoms with Crippen LogP contribution in [0.2, 0.25) is 0 Å². The number of aryl methyl sites for hydroxylation is 1. The monoisotopic (exact) mass is 356 g/mol. The third-order valence-electron chi connectivity index (χ3n) is 4.01. The summed E-state index contributed by atoms with van der Waals surface area (Å²) >= 11 is 1.79. The van der Waals surface area contributed by atoms with Crippen LogP contribution in [0.4, 0.5) is 0 Å². The molecule has 0 fully saturated rings. The minimum atomic E-state index is 0.672. The van der Waals surface area contributed by atoms with Crippen LogP contribution in [0.1, 0.15) is 22.6 Å². The number of benzene rings is 1. The number of para-hydroxylation sites is 1. The van der Waals surface area contributed by atoms with Crippen LogP contribution in [0.3, 0.4) is 0 Å². The molecule has 0 atom stereocenters. The summed E-state index contributed by atoms with van der Waals surface area (Å²) in [5.41, 5.74) is 0.921. The van der Waals surface area contributed by atoms with Gasteiger partial charge in [-0.25, -0.2) is 4.98 Å². The lowest BCUT2D eigenvalue weighted by Crippen LogP contribution is -2.39. The molecular formula is C19H24N4OS. The standard InChI is InChI=1S/C19H24N4OS/c1-4-16-12-22-18(25-16)9-10-21-19(20-2)23(3)13-15-11-14-7-5-6-8-17(14)24-15/h5-8,11-12H,4,9-10,13H2,1-3H3,(H,20,21). The molecule has 0 aliphatic rings. The molecular weight excluding hydrogens is 332 g/mol. The first-order valence-electron chi connectivity index (χ1n) is 8.52. The molecule has 2 heterocycles. The molecule has 3 aromatic rings. The van der Waals surface area contributed by atoms with Gasteiger partial charge in [0, 0.05) is 43.5 Å². The Bertz CT molecular complexity index is 819. The Labute approximate surface area is 152 Å². The lowest BCUT2D eigenvalue weighted by molar-refractivity contribution is 0.413. The van der Waals surface area contributed by atoms with Crippen molar-refractivity contribution < 1.29 is 4.42 Å².